The number of nitrogens with zero attached hydrogens (tertiary/aromatic N) is 4. The molecular formula is C18H21FN4O. The molecule has 5 nitrogen and oxygen atoms in total. The average Bonchev–Trinajstić information content (AvgIpc) is 2.99. The summed E-state index contributed by atoms with van der Waals surface area (Å²) in [7, 11) is 1.84. The molecule has 1 fully saturated rings. The Hall–Kier alpha value is -2.47. The van der Waals surface area contributed by atoms with E-state index in [0.29, 0.717) is 19.6 Å². The number of hydrogen-bond acceptors (Lipinski definition) is 3. The molecule has 126 valence electrons. The minimum Gasteiger partial charge on any atom is -0.337 e. The van der Waals surface area contributed by atoms with Crippen molar-refractivity contribution in [2.24, 2.45) is 7.05 Å². The van der Waals surface area contributed by atoms with E-state index in [1.54, 1.807) is 35.2 Å². The molecule has 1 aromatic heterocycles. The van der Waals surface area contributed by atoms with Crippen LogP contribution in [0.2, 0.25) is 0 Å². The Morgan fingerprint density at radius 3 is 2.75 bits per heavy atom. The highest BCUT2D eigenvalue weighted by atomic mass is 19.1. The fourth-order valence-electron chi connectivity index (χ4n) is 2.82. The Morgan fingerprint density at radius 2 is 2.08 bits per heavy atom. The Labute approximate surface area is 141 Å². The van der Waals surface area contributed by atoms with Crippen LogP contribution in [0, 0.1) is 5.82 Å². The maximum absolute atomic E-state index is 13.2. The van der Waals surface area contributed by atoms with E-state index in [-0.39, 0.29) is 11.7 Å². The zero-order chi connectivity index (χ0) is 16.9. The monoisotopic (exact) mass is 328 g/mol. The lowest BCUT2D eigenvalue weighted by molar-refractivity contribution is -0.127. The summed E-state index contributed by atoms with van der Waals surface area (Å²) in [6, 6.07) is 6.67. The highest BCUT2D eigenvalue weighted by Gasteiger charge is 2.19. The number of rotatable bonds is 4. The third-order valence-corrected chi connectivity index (χ3v) is 4.12. The van der Waals surface area contributed by atoms with Gasteiger partial charge in [0.15, 0.2) is 0 Å². The second-order valence-corrected chi connectivity index (χ2v) is 6.01. The zero-order valence-corrected chi connectivity index (χ0v) is 13.7. The molecule has 1 amide bonds. The molecule has 0 spiro atoms. The number of benzene rings is 1. The lowest BCUT2D eigenvalue weighted by Gasteiger charge is -2.34. The van der Waals surface area contributed by atoms with Crippen molar-refractivity contribution in [2.45, 2.75) is 6.54 Å². The third-order valence-electron chi connectivity index (χ3n) is 4.12. The number of piperazine rings is 1. The van der Waals surface area contributed by atoms with Crippen LogP contribution in [0.4, 0.5) is 4.39 Å². The molecular weight excluding hydrogens is 307 g/mol. The van der Waals surface area contributed by atoms with Crippen molar-refractivity contribution in [3.8, 4) is 0 Å². The number of carbonyl (C=O) groups is 1. The van der Waals surface area contributed by atoms with Crippen LogP contribution in [0.15, 0.2) is 42.7 Å². The van der Waals surface area contributed by atoms with Crippen LogP contribution in [0.25, 0.3) is 6.08 Å². The van der Waals surface area contributed by atoms with Crippen LogP contribution in [0.3, 0.4) is 0 Å². The van der Waals surface area contributed by atoms with Gasteiger partial charge in [0, 0.05) is 57.6 Å². The fourth-order valence-corrected chi connectivity index (χ4v) is 2.82. The van der Waals surface area contributed by atoms with E-state index < -0.39 is 0 Å². The van der Waals surface area contributed by atoms with Gasteiger partial charge in [-0.3, -0.25) is 14.4 Å². The summed E-state index contributed by atoms with van der Waals surface area (Å²) in [5.74, 6) is -0.189. The normalized spacial score (nSPS) is 16.0. The van der Waals surface area contributed by atoms with Crippen molar-refractivity contribution in [1.82, 2.24) is 19.6 Å². The van der Waals surface area contributed by atoms with Gasteiger partial charge in [-0.25, -0.2) is 4.39 Å². The van der Waals surface area contributed by atoms with E-state index in [1.807, 2.05) is 24.2 Å². The van der Waals surface area contributed by atoms with E-state index in [1.165, 1.54) is 6.07 Å². The molecule has 0 saturated carbocycles. The van der Waals surface area contributed by atoms with E-state index in [9.17, 15) is 9.18 Å². The van der Waals surface area contributed by atoms with Gasteiger partial charge in [-0.15, -0.1) is 0 Å². The van der Waals surface area contributed by atoms with E-state index in [0.717, 1.165) is 24.2 Å². The van der Waals surface area contributed by atoms with Crippen LogP contribution in [-0.4, -0.2) is 51.7 Å². The minimum absolute atomic E-state index is 0.0178. The average molecular weight is 328 g/mol. The minimum atomic E-state index is -0.207. The second kappa shape index (κ2) is 7.40. The second-order valence-electron chi connectivity index (χ2n) is 6.01. The van der Waals surface area contributed by atoms with Gasteiger partial charge < -0.3 is 4.90 Å². The lowest BCUT2D eigenvalue weighted by Crippen LogP contribution is -2.47. The van der Waals surface area contributed by atoms with Gasteiger partial charge in [-0.2, -0.15) is 5.10 Å². The number of hydrogen-bond donors (Lipinski definition) is 0. The van der Waals surface area contributed by atoms with Crippen molar-refractivity contribution in [3.63, 3.8) is 0 Å². The number of aromatic nitrogens is 2. The molecule has 0 radical (unpaired) electrons. The Kier molecular flexibility index (Phi) is 5.05. The van der Waals surface area contributed by atoms with Crippen LogP contribution >= 0.6 is 0 Å². The van der Waals surface area contributed by atoms with Crippen LogP contribution in [-0.2, 0) is 18.4 Å². The van der Waals surface area contributed by atoms with Crippen molar-refractivity contribution in [1.29, 1.82) is 0 Å². The molecule has 2 heterocycles. The van der Waals surface area contributed by atoms with Gasteiger partial charge in [-0.1, -0.05) is 12.1 Å². The number of amides is 1. The first-order chi connectivity index (χ1) is 11.6. The summed E-state index contributed by atoms with van der Waals surface area (Å²) in [5.41, 5.74) is 1.88. The molecule has 24 heavy (non-hydrogen) atoms. The zero-order valence-electron chi connectivity index (χ0n) is 13.7. The van der Waals surface area contributed by atoms with Gasteiger partial charge in [0.2, 0.25) is 5.91 Å². The molecule has 0 unspecified atom stereocenters. The summed E-state index contributed by atoms with van der Waals surface area (Å²) in [6.07, 6.45) is 6.97. The predicted molar refractivity (Wildman–Crippen MR) is 90.5 cm³/mol. The third kappa shape index (κ3) is 4.29. The fraction of sp³-hybridized carbons (Fsp3) is 0.333. The molecule has 3 rings (SSSR count). The lowest BCUT2D eigenvalue weighted by atomic mass is 10.2. The van der Waals surface area contributed by atoms with Gasteiger partial charge in [0.25, 0.3) is 0 Å². The van der Waals surface area contributed by atoms with Crippen LogP contribution in [0.1, 0.15) is 11.1 Å². The molecule has 1 aromatic carbocycles. The summed E-state index contributed by atoms with van der Waals surface area (Å²) >= 11 is 0. The molecule has 0 bridgehead atoms. The molecule has 1 saturated heterocycles. The first kappa shape index (κ1) is 16.4. The van der Waals surface area contributed by atoms with E-state index in [4.69, 9.17) is 0 Å². The first-order valence-corrected chi connectivity index (χ1v) is 8.02. The molecule has 2 aromatic rings. The van der Waals surface area contributed by atoms with Crippen molar-refractivity contribution >= 4 is 12.0 Å². The summed E-state index contributed by atoms with van der Waals surface area (Å²) in [5, 5.41) is 4.07. The van der Waals surface area contributed by atoms with Crippen LogP contribution in [0.5, 0.6) is 0 Å². The molecule has 6 heteroatoms. The van der Waals surface area contributed by atoms with Crippen LogP contribution < -0.4 is 0 Å². The van der Waals surface area contributed by atoms with Gasteiger partial charge in [0.1, 0.15) is 5.82 Å². The highest BCUT2D eigenvalue weighted by molar-refractivity contribution is 5.91. The first-order valence-electron chi connectivity index (χ1n) is 8.02. The maximum atomic E-state index is 13.2. The van der Waals surface area contributed by atoms with Crippen molar-refractivity contribution in [2.75, 3.05) is 26.2 Å². The molecule has 1 aliphatic rings. The summed E-state index contributed by atoms with van der Waals surface area (Å²) in [6.45, 7) is 3.67. The SMILES string of the molecule is Cn1cc(/C=C/C(=O)N2CCN(Cc3cccc(F)c3)CC2)cn1. The quantitative estimate of drug-likeness (QED) is 0.805. The summed E-state index contributed by atoms with van der Waals surface area (Å²) in [4.78, 5) is 16.3. The summed E-state index contributed by atoms with van der Waals surface area (Å²) < 4.78 is 14.9. The van der Waals surface area contributed by atoms with Crippen molar-refractivity contribution in [3.05, 3.63) is 59.7 Å². The predicted octanol–water partition coefficient (Wildman–Crippen LogP) is 1.92. The maximum Gasteiger partial charge on any atom is 0.246 e. The smallest absolute Gasteiger partial charge is 0.246 e. The largest absolute Gasteiger partial charge is 0.337 e. The number of aryl methyl sites for hydroxylation is 1. The topological polar surface area (TPSA) is 41.4 Å². The Morgan fingerprint density at radius 1 is 1.29 bits per heavy atom. The van der Waals surface area contributed by atoms with E-state index >= 15 is 0 Å². The van der Waals surface area contributed by atoms with Gasteiger partial charge in [0.05, 0.1) is 6.20 Å². The van der Waals surface area contributed by atoms with Gasteiger partial charge in [-0.05, 0) is 23.8 Å². The molecule has 0 N–H and O–H groups in total. The highest BCUT2D eigenvalue weighted by Crippen LogP contribution is 2.11. The van der Waals surface area contributed by atoms with Crippen molar-refractivity contribution < 1.29 is 9.18 Å². The molecule has 1 aliphatic heterocycles. The van der Waals surface area contributed by atoms with Gasteiger partial charge >= 0.3 is 0 Å². The Balaban J connectivity index is 1.49. The molecule has 0 aliphatic carbocycles. The molecule has 0 atom stereocenters. The standard InChI is InChI=1S/C18H21FN4O/c1-21-13-16(12-20-21)5-6-18(24)23-9-7-22(8-10-23)14-15-3-2-4-17(19)11-15/h2-6,11-13H,7-10,14H2,1H3/b6-5+. The number of halogens is 1. The van der Waals surface area contributed by atoms with E-state index in [2.05, 4.69) is 10.00 Å². The Bertz CT molecular complexity index is 732. The number of carbonyl (C=O) groups excluding carboxylic acids is 1.